The molecule has 42 heavy (non-hydrogen) atoms. The monoisotopic (exact) mass is 558 g/mol. The van der Waals surface area contributed by atoms with Crippen LogP contribution < -0.4 is 10.2 Å². The van der Waals surface area contributed by atoms with Crippen molar-refractivity contribution in [3.05, 3.63) is 85.1 Å². The summed E-state index contributed by atoms with van der Waals surface area (Å²) in [6, 6.07) is 21.8. The molecule has 2 aliphatic rings. The molecule has 2 aromatic carbocycles. The fraction of sp³-hybridized carbons (Fsp3) is 0.371. The third-order valence-electron chi connectivity index (χ3n) is 9.14. The largest absolute Gasteiger partial charge is 0.421 e. The molecule has 1 N–H and O–H groups in total. The van der Waals surface area contributed by atoms with Crippen LogP contribution in [0.2, 0.25) is 0 Å². The van der Waals surface area contributed by atoms with Crippen LogP contribution in [0.15, 0.2) is 83.7 Å². The molecule has 2 fully saturated rings. The average Bonchev–Trinajstić information content (AvgIpc) is 3.48. The van der Waals surface area contributed by atoms with Crippen molar-refractivity contribution in [2.75, 3.05) is 23.3 Å². The standard InChI is InChI=1S/C35H38N6O/c1-24-39-40-35(42-24)26-12-14-30(15-13-26)41-18-6-7-25(23-41)19-28-8-3-5-11-33(28)38-34-20-27(16-17-37-34)32-22-36-21-29-9-2-4-10-31(29)32/h2,4,9-10,12-17,20-22,25,28,33H,3,5-8,11,18-19,23H2,1H3,(H,37,38)/t25?,28-,33+/m0/s1. The molecule has 4 heterocycles. The minimum absolute atomic E-state index is 0.458. The first kappa shape index (κ1) is 26.6. The number of nitrogens with zero attached hydrogens (tertiary/aromatic N) is 5. The lowest BCUT2D eigenvalue weighted by atomic mass is 9.77. The van der Waals surface area contributed by atoms with Crippen molar-refractivity contribution in [1.29, 1.82) is 0 Å². The SMILES string of the molecule is Cc1nnc(-c2ccc(N3CCCC(C[C@@H]4CCCC[C@H]4Nc4cc(-c5cncc6ccccc56)ccn4)C3)cc2)o1. The summed E-state index contributed by atoms with van der Waals surface area (Å²) in [5.74, 6) is 3.51. The predicted octanol–water partition coefficient (Wildman–Crippen LogP) is 7.93. The molecule has 3 atom stereocenters. The number of benzene rings is 2. The van der Waals surface area contributed by atoms with E-state index in [-0.39, 0.29) is 0 Å². The van der Waals surface area contributed by atoms with Crippen LogP contribution in [0.3, 0.4) is 0 Å². The first-order chi connectivity index (χ1) is 20.7. The van der Waals surface area contributed by atoms with E-state index in [0.717, 1.165) is 41.0 Å². The fourth-order valence-corrected chi connectivity index (χ4v) is 7.04. The Morgan fingerprint density at radius 3 is 2.67 bits per heavy atom. The van der Waals surface area contributed by atoms with E-state index < -0.39 is 0 Å². The van der Waals surface area contributed by atoms with E-state index in [1.165, 1.54) is 56.0 Å². The Kier molecular flexibility index (Phi) is 7.56. The van der Waals surface area contributed by atoms with Gasteiger partial charge < -0.3 is 14.6 Å². The van der Waals surface area contributed by atoms with Gasteiger partial charge >= 0.3 is 0 Å². The summed E-state index contributed by atoms with van der Waals surface area (Å²) in [5, 5.41) is 14.4. The maximum Gasteiger partial charge on any atom is 0.247 e. The predicted molar refractivity (Wildman–Crippen MR) is 168 cm³/mol. The summed E-state index contributed by atoms with van der Waals surface area (Å²) in [4.78, 5) is 11.8. The summed E-state index contributed by atoms with van der Waals surface area (Å²) in [6.45, 7) is 4.05. The van der Waals surface area contributed by atoms with Crippen LogP contribution in [0.25, 0.3) is 33.4 Å². The fourth-order valence-electron chi connectivity index (χ4n) is 7.04. The molecule has 0 amide bonds. The van der Waals surface area contributed by atoms with Crippen molar-refractivity contribution < 1.29 is 4.42 Å². The average molecular weight is 559 g/mol. The van der Waals surface area contributed by atoms with Crippen molar-refractivity contribution >= 4 is 22.3 Å². The van der Waals surface area contributed by atoms with Gasteiger partial charge in [-0.25, -0.2) is 4.98 Å². The normalized spacial score (nSPS) is 21.0. The number of piperidine rings is 1. The van der Waals surface area contributed by atoms with E-state index >= 15 is 0 Å². The van der Waals surface area contributed by atoms with Crippen molar-refractivity contribution in [2.24, 2.45) is 11.8 Å². The van der Waals surface area contributed by atoms with Crippen LogP contribution in [0, 0.1) is 18.8 Å². The van der Waals surface area contributed by atoms with E-state index in [4.69, 9.17) is 9.40 Å². The maximum absolute atomic E-state index is 5.61. The van der Waals surface area contributed by atoms with Gasteiger partial charge in [0.2, 0.25) is 11.8 Å². The summed E-state index contributed by atoms with van der Waals surface area (Å²) < 4.78 is 5.61. The van der Waals surface area contributed by atoms with E-state index in [1.807, 2.05) is 25.5 Å². The molecular formula is C35H38N6O. The molecule has 7 heteroatoms. The number of pyridine rings is 2. The van der Waals surface area contributed by atoms with E-state index in [0.29, 0.717) is 29.7 Å². The number of aryl methyl sites for hydroxylation is 1. The zero-order valence-corrected chi connectivity index (χ0v) is 24.2. The molecule has 1 unspecified atom stereocenters. The van der Waals surface area contributed by atoms with Gasteiger partial charge in [-0.15, -0.1) is 10.2 Å². The van der Waals surface area contributed by atoms with Gasteiger partial charge in [0.05, 0.1) is 0 Å². The third kappa shape index (κ3) is 5.73. The second-order valence-corrected chi connectivity index (χ2v) is 12.0. The molecule has 214 valence electrons. The number of rotatable bonds is 7. The molecule has 3 aromatic heterocycles. The number of hydrogen-bond acceptors (Lipinski definition) is 7. The van der Waals surface area contributed by atoms with Gasteiger partial charge in [0.1, 0.15) is 5.82 Å². The number of hydrogen-bond donors (Lipinski definition) is 1. The van der Waals surface area contributed by atoms with Gasteiger partial charge in [0.15, 0.2) is 0 Å². The van der Waals surface area contributed by atoms with Gasteiger partial charge in [-0.3, -0.25) is 4.98 Å². The molecule has 7 nitrogen and oxygen atoms in total. The highest BCUT2D eigenvalue weighted by Gasteiger charge is 2.30. The van der Waals surface area contributed by atoms with Gasteiger partial charge in [-0.05, 0) is 91.3 Å². The van der Waals surface area contributed by atoms with E-state index in [9.17, 15) is 0 Å². The van der Waals surface area contributed by atoms with Crippen molar-refractivity contribution in [3.8, 4) is 22.6 Å². The summed E-state index contributed by atoms with van der Waals surface area (Å²) in [5.41, 5.74) is 4.56. The van der Waals surface area contributed by atoms with Crippen LogP contribution in [0.1, 0.15) is 50.8 Å². The molecule has 7 rings (SSSR count). The van der Waals surface area contributed by atoms with Gasteiger partial charge in [-0.2, -0.15) is 0 Å². The molecule has 0 radical (unpaired) electrons. The third-order valence-corrected chi connectivity index (χ3v) is 9.14. The zero-order valence-electron chi connectivity index (χ0n) is 24.2. The van der Waals surface area contributed by atoms with Crippen molar-refractivity contribution in [2.45, 2.75) is 57.9 Å². The first-order valence-corrected chi connectivity index (χ1v) is 15.4. The molecule has 0 bridgehead atoms. The Balaban J connectivity index is 1.02. The van der Waals surface area contributed by atoms with Gasteiger partial charge in [0.25, 0.3) is 0 Å². The second-order valence-electron chi connectivity index (χ2n) is 12.0. The minimum atomic E-state index is 0.458. The first-order valence-electron chi connectivity index (χ1n) is 15.4. The van der Waals surface area contributed by atoms with E-state index in [2.05, 4.69) is 86.1 Å². The summed E-state index contributed by atoms with van der Waals surface area (Å²) in [6.07, 6.45) is 14.8. The van der Waals surface area contributed by atoms with Crippen LogP contribution in [-0.2, 0) is 0 Å². The lowest BCUT2D eigenvalue weighted by Gasteiger charge is -2.39. The summed E-state index contributed by atoms with van der Waals surface area (Å²) >= 11 is 0. The zero-order chi connectivity index (χ0) is 28.3. The van der Waals surface area contributed by atoms with Crippen molar-refractivity contribution in [3.63, 3.8) is 0 Å². The highest BCUT2D eigenvalue weighted by molar-refractivity contribution is 5.95. The lowest BCUT2D eigenvalue weighted by molar-refractivity contribution is 0.247. The molecular weight excluding hydrogens is 520 g/mol. The Morgan fingerprint density at radius 1 is 0.905 bits per heavy atom. The molecule has 1 aliphatic heterocycles. The molecule has 0 spiro atoms. The van der Waals surface area contributed by atoms with Crippen LogP contribution >= 0.6 is 0 Å². The number of fused-ring (bicyclic) bond motifs is 1. The van der Waals surface area contributed by atoms with Gasteiger partial charge in [0, 0.05) is 66.8 Å². The van der Waals surface area contributed by atoms with Gasteiger partial charge in [-0.1, -0.05) is 37.1 Å². The molecule has 5 aromatic rings. The summed E-state index contributed by atoms with van der Waals surface area (Å²) in [7, 11) is 0. The lowest BCUT2D eigenvalue weighted by Crippen LogP contribution is -2.39. The number of anilines is 2. The smallest absolute Gasteiger partial charge is 0.247 e. The van der Waals surface area contributed by atoms with Crippen LogP contribution in [0.5, 0.6) is 0 Å². The topological polar surface area (TPSA) is 80.0 Å². The Labute approximate surface area is 247 Å². The van der Waals surface area contributed by atoms with Crippen LogP contribution in [-0.4, -0.2) is 39.3 Å². The number of aromatic nitrogens is 4. The highest BCUT2D eigenvalue weighted by Crippen LogP contribution is 2.36. The maximum atomic E-state index is 5.61. The Hall–Kier alpha value is -4.26. The molecule has 1 saturated carbocycles. The number of nitrogens with one attached hydrogen (secondary N) is 1. The highest BCUT2D eigenvalue weighted by atomic mass is 16.4. The van der Waals surface area contributed by atoms with Crippen LogP contribution in [0.4, 0.5) is 11.5 Å². The molecule has 1 saturated heterocycles. The Morgan fingerprint density at radius 2 is 1.79 bits per heavy atom. The molecule has 1 aliphatic carbocycles. The second kappa shape index (κ2) is 11.9. The quantitative estimate of drug-likeness (QED) is 0.217. The van der Waals surface area contributed by atoms with Crippen molar-refractivity contribution in [1.82, 2.24) is 20.2 Å². The Bertz CT molecular complexity index is 1640. The van der Waals surface area contributed by atoms with E-state index in [1.54, 1.807) is 0 Å². The minimum Gasteiger partial charge on any atom is -0.421 e.